The van der Waals surface area contributed by atoms with Crippen molar-refractivity contribution in [3.05, 3.63) is 48.0 Å². The third kappa shape index (κ3) is 3.44. The van der Waals surface area contributed by atoms with Crippen LogP contribution in [-0.2, 0) is 0 Å². The van der Waals surface area contributed by atoms with E-state index in [1.807, 2.05) is 0 Å². The maximum Gasteiger partial charge on any atom is 0.166 e. The number of rotatable bonds is 3. The van der Waals surface area contributed by atoms with E-state index in [-0.39, 0.29) is 6.04 Å². The second-order valence-electron chi connectivity index (χ2n) is 5.06. The second kappa shape index (κ2) is 6.02. The van der Waals surface area contributed by atoms with Crippen LogP contribution in [0.2, 0.25) is 0 Å². The van der Waals surface area contributed by atoms with Crippen LogP contribution in [-0.4, -0.2) is 11.2 Å². The molecule has 0 aromatic heterocycles. The normalized spacial score (nSPS) is 12.4. The van der Waals surface area contributed by atoms with E-state index in [9.17, 15) is 0 Å². The maximum atomic E-state index is 5.31. The lowest BCUT2D eigenvalue weighted by Crippen LogP contribution is -2.40. The average molecular weight is 272 g/mol. The van der Waals surface area contributed by atoms with E-state index in [4.69, 9.17) is 12.2 Å². The molecular formula is C16H20N2S. The van der Waals surface area contributed by atoms with E-state index in [1.165, 1.54) is 16.3 Å². The van der Waals surface area contributed by atoms with Gasteiger partial charge in [0, 0.05) is 6.04 Å². The van der Waals surface area contributed by atoms with Crippen LogP contribution in [0.4, 0.5) is 0 Å². The predicted octanol–water partition coefficient (Wildman–Crippen LogP) is 3.77. The van der Waals surface area contributed by atoms with Crippen LogP contribution in [0.15, 0.2) is 42.5 Å². The number of thiocarbonyl (C=S) groups is 1. The molecule has 19 heavy (non-hydrogen) atoms. The highest BCUT2D eigenvalue weighted by atomic mass is 32.1. The minimum absolute atomic E-state index is 0.185. The highest BCUT2D eigenvalue weighted by Gasteiger charge is 2.10. The molecule has 2 aromatic rings. The van der Waals surface area contributed by atoms with Gasteiger partial charge in [-0.1, -0.05) is 42.5 Å². The Morgan fingerprint density at radius 3 is 2.37 bits per heavy atom. The van der Waals surface area contributed by atoms with Crippen molar-refractivity contribution in [2.75, 3.05) is 0 Å². The minimum atomic E-state index is 0.185. The van der Waals surface area contributed by atoms with Gasteiger partial charge in [0.25, 0.3) is 0 Å². The van der Waals surface area contributed by atoms with Crippen LogP contribution >= 0.6 is 12.2 Å². The first kappa shape index (κ1) is 13.8. The predicted molar refractivity (Wildman–Crippen MR) is 86.4 cm³/mol. The molecule has 0 saturated heterocycles. The molecule has 2 N–H and O–H groups in total. The van der Waals surface area contributed by atoms with E-state index < -0.39 is 0 Å². The highest BCUT2D eigenvalue weighted by molar-refractivity contribution is 7.80. The molecule has 0 spiro atoms. The van der Waals surface area contributed by atoms with Crippen LogP contribution in [0.3, 0.4) is 0 Å². The summed E-state index contributed by atoms with van der Waals surface area (Å²) in [6.45, 7) is 6.29. The third-order valence-corrected chi connectivity index (χ3v) is 3.29. The Balaban J connectivity index is 2.22. The van der Waals surface area contributed by atoms with E-state index >= 15 is 0 Å². The quantitative estimate of drug-likeness (QED) is 0.832. The summed E-state index contributed by atoms with van der Waals surface area (Å²) in [6, 6.07) is 15.3. The van der Waals surface area contributed by atoms with E-state index in [0.29, 0.717) is 11.2 Å². The summed E-state index contributed by atoms with van der Waals surface area (Å²) < 4.78 is 0. The average Bonchev–Trinajstić information content (AvgIpc) is 2.36. The Hall–Kier alpha value is -1.61. The molecule has 1 atom stereocenters. The van der Waals surface area contributed by atoms with Gasteiger partial charge < -0.3 is 10.6 Å². The van der Waals surface area contributed by atoms with Crippen LogP contribution < -0.4 is 10.6 Å². The summed E-state index contributed by atoms with van der Waals surface area (Å²) in [4.78, 5) is 0. The monoisotopic (exact) mass is 272 g/mol. The minimum Gasteiger partial charge on any atom is -0.361 e. The van der Waals surface area contributed by atoms with Gasteiger partial charge in [0.2, 0.25) is 0 Å². The third-order valence-electron chi connectivity index (χ3n) is 3.06. The second-order valence-corrected chi connectivity index (χ2v) is 5.47. The summed E-state index contributed by atoms with van der Waals surface area (Å²) in [5.41, 5.74) is 1.27. The van der Waals surface area contributed by atoms with Gasteiger partial charge in [0.15, 0.2) is 5.11 Å². The smallest absolute Gasteiger partial charge is 0.166 e. The zero-order chi connectivity index (χ0) is 13.8. The first-order chi connectivity index (χ1) is 9.08. The molecule has 2 aromatic carbocycles. The van der Waals surface area contributed by atoms with E-state index in [1.54, 1.807) is 0 Å². The topological polar surface area (TPSA) is 24.1 Å². The molecule has 0 saturated carbocycles. The maximum absolute atomic E-state index is 5.31. The largest absolute Gasteiger partial charge is 0.361 e. The van der Waals surface area contributed by atoms with Crippen LogP contribution in [0, 0.1) is 0 Å². The van der Waals surface area contributed by atoms with Gasteiger partial charge in [-0.25, -0.2) is 0 Å². The first-order valence-corrected chi connectivity index (χ1v) is 7.03. The number of hydrogen-bond donors (Lipinski definition) is 2. The number of nitrogens with one attached hydrogen (secondary N) is 2. The van der Waals surface area contributed by atoms with Gasteiger partial charge in [-0.05, 0) is 49.3 Å². The lowest BCUT2D eigenvalue weighted by Gasteiger charge is -2.20. The van der Waals surface area contributed by atoms with Gasteiger partial charge in [-0.2, -0.15) is 0 Å². The Kier molecular flexibility index (Phi) is 4.38. The van der Waals surface area contributed by atoms with Crippen LogP contribution in [0.1, 0.15) is 32.4 Å². The van der Waals surface area contributed by atoms with Gasteiger partial charge in [0.05, 0.1) is 6.04 Å². The van der Waals surface area contributed by atoms with Crippen molar-refractivity contribution in [2.24, 2.45) is 0 Å². The van der Waals surface area contributed by atoms with Crippen LogP contribution in [0.25, 0.3) is 10.8 Å². The lowest BCUT2D eigenvalue weighted by atomic mass is 10.00. The molecule has 0 heterocycles. The molecule has 0 unspecified atom stereocenters. The summed E-state index contributed by atoms with van der Waals surface area (Å²) in [5, 5.41) is 9.79. The molecule has 0 amide bonds. The van der Waals surface area contributed by atoms with Gasteiger partial charge in [-0.3, -0.25) is 0 Å². The molecule has 0 fully saturated rings. The van der Waals surface area contributed by atoms with Crippen molar-refractivity contribution in [3.63, 3.8) is 0 Å². The van der Waals surface area contributed by atoms with Crippen LogP contribution in [0.5, 0.6) is 0 Å². The molecule has 0 aliphatic heterocycles. The van der Waals surface area contributed by atoms with Crippen molar-refractivity contribution in [1.82, 2.24) is 10.6 Å². The van der Waals surface area contributed by atoms with Crippen molar-refractivity contribution >= 4 is 28.1 Å². The van der Waals surface area contributed by atoms with Gasteiger partial charge in [0.1, 0.15) is 0 Å². The van der Waals surface area contributed by atoms with Gasteiger partial charge >= 0.3 is 0 Å². The molecular weight excluding hydrogens is 252 g/mol. The summed E-state index contributed by atoms with van der Waals surface area (Å²) in [6.07, 6.45) is 0. The molecule has 2 nitrogen and oxygen atoms in total. The van der Waals surface area contributed by atoms with Crippen molar-refractivity contribution < 1.29 is 0 Å². The summed E-state index contributed by atoms with van der Waals surface area (Å²) in [7, 11) is 0. The number of fused-ring (bicyclic) bond motifs is 1. The molecule has 0 radical (unpaired) electrons. The highest BCUT2D eigenvalue weighted by Crippen LogP contribution is 2.23. The number of hydrogen-bond acceptors (Lipinski definition) is 1. The SMILES string of the molecule is CC(C)NC(=S)N[C@H](C)c1cccc2ccccc12. The molecule has 0 aliphatic carbocycles. The Morgan fingerprint density at radius 2 is 1.63 bits per heavy atom. The van der Waals surface area contributed by atoms with E-state index in [2.05, 4.69) is 73.9 Å². The fourth-order valence-electron chi connectivity index (χ4n) is 2.21. The van der Waals surface area contributed by atoms with Crippen molar-refractivity contribution in [1.29, 1.82) is 0 Å². The standard InChI is InChI=1S/C16H20N2S/c1-11(2)17-16(19)18-12(3)14-10-6-8-13-7-4-5-9-15(13)14/h4-12H,1-3H3,(H2,17,18,19)/t12-/m1/s1. The zero-order valence-electron chi connectivity index (χ0n) is 11.6. The summed E-state index contributed by atoms with van der Waals surface area (Å²) in [5.74, 6) is 0. The Labute approximate surface area is 120 Å². The summed E-state index contributed by atoms with van der Waals surface area (Å²) >= 11 is 5.31. The van der Waals surface area contributed by atoms with E-state index in [0.717, 1.165) is 0 Å². The fraction of sp³-hybridized carbons (Fsp3) is 0.312. The molecule has 2 rings (SSSR count). The first-order valence-electron chi connectivity index (χ1n) is 6.62. The zero-order valence-corrected chi connectivity index (χ0v) is 12.4. The molecule has 0 aliphatic rings. The molecule has 3 heteroatoms. The Bertz CT molecular complexity index is 572. The van der Waals surface area contributed by atoms with Gasteiger partial charge in [-0.15, -0.1) is 0 Å². The molecule has 100 valence electrons. The van der Waals surface area contributed by atoms with Crippen molar-refractivity contribution in [2.45, 2.75) is 32.9 Å². The molecule has 0 bridgehead atoms. The number of benzene rings is 2. The lowest BCUT2D eigenvalue weighted by molar-refractivity contribution is 0.666. The fourth-order valence-corrected chi connectivity index (χ4v) is 2.62. The Morgan fingerprint density at radius 1 is 0.947 bits per heavy atom. The van der Waals surface area contributed by atoms with Crippen molar-refractivity contribution in [3.8, 4) is 0 Å².